The van der Waals surface area contributed by atoms with Crippen LogP contribution in [0, 0.1) is 0 Å². The van der Waals surface area contributed by atoms with E-state index in [1.165, 1.54) is 0 Å². The maximum atomic E-state index is 12.2. The summed E-state index contributed by atoms with van der Waals surface area (Å²) in [5, 5.41) is 11.7. The number of aromatic amines is 2. The zero-order chi connectivity index (χ0) is 26.2. The second-order valence-corrected chi connectivity index (χ2v) is 9.98. The van der Waals surface area contributed by atoms with E-state index in [0.29, 0.717) is 12.2 Å². The number of piperazine rings is 1. The van der Waals surface area contributed by atoms with Crippen LogP contribution in [0.25, 0.3) is 44.6 Å². The van der Waals surface area contributed by atoms with Crippen molar-refractivity contribution in [2.24, 2.45) is 0 Å². The molecular formula is C27H30N10O. The summed E-state index contributed by atoms with van der Waals surface area (Å²) >= 11 is 0. The van der Waals surface area contributed by atoms with Crippen molar-refractivity contribution in [3.05, 3.63) is 48.9 Å². The number of carbonyl (C=O) groups is 1. The summed E-state index contributed by atoms with van der Waals surface area (Å²) in [5.74, 6) is 0.893. The zero-order valence-corrected chi connectivity index (χ0v) is 21.7. The van der Waals surface area contributed by atoms with Gasteiger partial charge in [-0.15, -0.1) is 0 Å². The van der Waals surface area contributed by atoms with Crippen LogP contribution in [-0.4, -0.2) is 99.7 Å². The molecule has 1 aliphatic rings. The first kappa shape index (κ1) is 24.0. The molecule has 1 amide bonds. The van der Waals surface area contributed by atoms with Crippen LogP contribution in [0.1, 0.15) is 0 Å². The minimum Gasteiger partial charge on any atom is -0.353 e. The molecule has 0 unspecified atom stereocenters. The molecule has 194 valence electrons. The molecule has 0 radical (unpaired) electrons. The lowest BCUT2D eigenvalue weighted by atomic mass is 10.1. The monoisotopic (exact) mass is 510 g/mol. The molecule has 3 N–H and O–H groups in total. The Balaban J connectivity index is 1.34. The Morgan fingerprint density at radius 3 is 2.74 bits per heavy atom. The number of rotatable bonds is 6. The highest BCUT2D eigenvalue weighted by Crippen LogP contribution is 2.33. The predicted molar refractivity (Wildman–Crippen MR) is 149 cm³/mol. The molecule has 38 heavy (non-hydrogen) atoms. The molecule has 0 saturated carbocycles. The standard InChI is InChI=1S/C27H30N10O/c1-35(2)16-24(38)30-18-12-17(14-28-15-18)20-4-5-22-25(32-20)26(34-33-22)23-13-19-21(31-23)6-7-29-27(19)37-10-8-36(3)9-11-37/h4-7,12-15,31H,8-11,16H2,1-3H3,(H,30,38)(H,33,34). The Bertz CT molecular complexity index is 1610. The molecule has 1 saturated heterocycles. The molecule has 11 heteroatoms. The van der Waals surface area contributed by atoms with Crippen molar-refractivity contribution in [1.29, 1.82) is 0 Å². The number of carbonyl (C=O) groups excluding carboxylic acids is 1. The number of aromatic nitrogens is 6. The third-order valence-electron chi connectivity index (χ3n) is 6.77. The highest BCUT2D eigenvalue weighted by Gasteiger charge is 2.20. The molecule has 1 aliphatic heterocycles. The smallest absolute Gasteiger partial charge is 0.238 e. The normalized spacial score (nSPS) is 14.6. The summed E-state index contributed by atoms with van der Waals surface area (Å²) in [4.78, 5) is 36.2. The summed E-state index contributed by atoms with van der Waals surface area (Å²) < 4.78 is 0. The number of fused-ring (bicyclic) bond motifs is 2. The van der Waals surface area contributed by atoms with Crippen molar-refractivity contribution >= 4 is 39.3 Å². The van der Waals surface area contributed by atoms with Crippen molar-refractivity contribution < 1.29 is 4.79 Å². The van der Waals surface area contributed by atoms with E-state index in [0.717, 1.165) is 76.6 Å². The second kappa shape index (κ2) is 9.84. The van der Waals surface area contributed by atoms with Gasteiger partial charge in [-0.05, 0) is 51.5 Å². The fourth-order valence-electron chi connectivity index (χ4n) is 4.82. The van der Waals surface area contributed by atoms with Gasteiger partial charge in [0.2, 0.25) is 5.91 Å². The molecular weight excluding hydrogens is 480 g/mol. The lowest BCUT2D eigenvalue weighted by molar-refractivity contribution is -0.116. The van der Waals surface area contributed by atoms with E-state index in [2.05, 4.69) is 48.4 Å². The van der Waals surface area contributed by atoms with Crippen LogP contribution in [0.2, 0.25) is 0 Å². The molecule has 0 aliphatic carbocycles. The van der Waals surface area contributed by atoms with E-state index >= 15 is 0 Å². The number of likely N-dealkylation sites (N-methyl/N-ethyl adjacent to an activating group) is 2. The molecule has 6 rings (SSSR count). The maximum absolute atomic E-state index is 12.2. The predicted octanol–water partition coefficient (Wildman–Crippen LogP) is 2.82. The Morgan fingerprint density at radius 2 is 1.92 bits per heavy atom. The van der Waals surface area contributed by atoms with Crippen LogP contribution in [0.3, 0.4) is 0 Å². The summed E-state index contributed by atoms with van der Waals surface area (Å²) in [6, 6.07) is 9.88. The van der Waals surface area contributed by atoms with Crippen LogP contribution >= 0.6 is 0 Å². The topological polar surface area (TPSA) is 122 Å². The number of nitrogens with zero attached hydrogens (tertiary/aromatic N) is 7. The lowest BCUT2D eigenvalue weighted by Crippen LogP contribution is -2.44. The van der Waals surface area contributed by atoms with E-state index in [4.69, 9.17) is 9.97 Å². The van der Waals surface area contributed by atoms with Gasteiger partial charge in [0.05, 0.1) is 40.9 Å². The number of pyridine rings is 3. The minimum absolute atomic E-state index is 0.0984. The van der Waals surface area contributed by atoms with Gasteiger partial charge in [-0.1, -0.05) is 0 Å². The average Bonchev–Trinajstić information content (AvgIpc) is 3.52. The van der Waals surface area contributed by atoms with Crippen LogP contribution in [0.4, 0.5) is 11.5 Å². The summed E-state index contributed by atoms with van der Waals surface area (Å²) in [5.41, 5.74) is 6.40. The van der Waals surface area contributed by atoms with Gasteiger partial charge in [0.25, 0.3) is 0 Å². The molecule has 11 nitrogen and oxygen atoms in total. The van der Waals surface area contributed by atoms with Crippen LogP contribution in [0.15, 0.2) is 48.9 Å². The maximum Gasteiger partial charge on any atom is 0.238 e. The molecule has 0 aromatic carbocycles. The average molecular weight is 511 g/mol. The van der Waals surface area contributed by atoms with E-state index in [1.807, 2.05) is 49.5 Å². The molecule has 5 aromatic rings. The molecule has 1 fully saturated rings. The number of nitrogens with one attached hydrogen (secondary N) is 3. The number of amides is 1. The summed E-state index contributed by atoms with van der Waals surface area (Å²) in [7, 11) is 5.86. The van der Waals surface area contributed by atoms with E-state index in [-0.39, 0.29) is 5.91 Å². The highest BCUT2D eigenvalue weighted by molar-refractivity contribution is 5.98. The lowest BCUT2D eigenvalue weighted by Gasteiger charge is -2.33. The van der Waals surface area contributed by atoms with E-state index in [9.17, 15) is 4.79 Å². The Hall–Kier alpha value is -4.35. The van der Waals surface area contributed by atoms with Crippen LogP contribution in [-0.2, 0) is 4.79 Å². The summed E-state index contributed by atoms with van der Waals surface area (Å²) in [6.45, 7) is 4.22. The first-order valence-electron chi connectivity index (χ1n) is 12.6. The molecule has 6 heterocycles. The summed E-state index contributed by atoms with van der Waals surface area (Å²) in [6.07, 6.45) is 5.23. The van der Waals surface area contributed by atoms with Crippen molar-refractivity contribution in [1.82, 2.24) is 39.9 Å². The quantitative estimate of drug-likeness (QED) is 0.319. The Kier molecular flexibility index (Phi) is 6.22. The van der Waals surface area contributed by atoms with Crippen LogP contribution < -0.4 is 10.2 Å². The van der Waals surface area contributed by atoms with Gasteiger partial charge < -0.3 is 25.0 Å². The molecule has 0 atom stereocenters. The second-order valence-electron chi connectivity index (χ2n) is 9.98. The van der Waals surface area contributed by atoms with Crippen molar-refractivity contribution in [2.45, 2.75) is 0 Å². The highest BCUT2D eigenvalue weighted by atomic mass is 16.2. The Labute approximate surface area is 219 Å². The van der Waals surface area contributed by atoms with Gasteiger partial charge in [0, 0.05) is 49.5 Å². The molecule has 0 bridgehead atoms. The SMILES string of the molecule is CN(C)CC(=O)Nc1cncc(-c2ccc3[nH]nc(-c4cc5c(N6CCN(C)CC6)nccc5[nH]4)c3n2)c1. The molecule has 0 spiro atoms. The zero-order valence-electron chi connectivity index (χ0n) is 21.7. The minimum atomic E-state index is -0.0984. The van der Waals surface area contributed by atoms with Gasteiger partial charge in [-0.2, -0.15) is 5.10 Å². The fourth-order valence-corrected chi connectivity index (χ4v) is 4.82. The van der Waals surface area contributed by atoms with Gasteiger partial charge in [-0.25, -0.2) is 9.97 Å². The number of H-pyrrole nitrogens is 2. The fraction of sp³-hybridized carbons (Fsp3) is 0.296. The van der Waals surface area contributed by atoms with Gasteiger partial charge in [0.15, 0.2) is 0 Å². The van der Waals surface area contributed by atoms with Gasteiger partial charge in [0.1, 0.15) is 17.0 Å². The van der Waals surface area contributed by atoms with E-state index < -0.39 is 0 Å². The molecule has 5 aromatic heterocycles. The number of hydrogen-bond donors (Lipinski definition) is 3. The number of hydrogen-bond acceptors (Lipinski definition) is 8. The van der Waals surface area contributed by atoms with Crippen molar-refractivity contribution in [3.63, 3.8) is 0 Å². The third kappa shape index (κ3) is 4.69. The first-order chi connectivity index (χ1) is 18.4. The van der Waals surface area contributed by atoms with E-state index in [1.54, 1.807) is 12.4 Å². The first-order valence-corrected chi connectivity index (χ1v) is 12.6. The number of anilines is 2. The van der Waals surface area contributed by atoms with Crippen molar-refractivity contribution in [3.8, 4) is 22.6 Å². The van der Waals surface area contributed by atoms with Gasteiger partial charge >= 0.3 is 0 Å². The van der Waals surface area contributed by atoms with Crippen molar-refractivity contribution in [2.75, 3.05) is 64.1 Å². The van der Waals surface area contributed by atoms with Crippen LogP contribution in [0.5, 0.6) is 0 Å². The Morgan fingerprint density at radius 1 is 1.08 bits per heavy atom. The largest absolute Gasteiger partial charge is 0.353 e. The van der Waals surface area contributed by atoms with Gasteiger partial charge in [-0.3, -0.25) is 14.9 Å². The third-order valence-corrected chi connectivity index (χ3v) is 6.77.